The molecule has 1 heterocycles. The van der Waals surface area contributed by atoms with E-state index in [4.69, 9.17) is 0 Å². The monoisotopic (exact) mass is 281 g/mol. The van der Waals surface area contributed by atoms with Crippen LogP contribution >= 0.6 is 11.3 Å². The summed E-state index contributed by atoms with van der Waals surface area (Å²) in [6, 6.07) is 1.93. The number of carbonyl (C=O) groups excluding carboxylic acids is 1. The topological polar surface area (TPSA) is 38.3 Å². The molecule has 0 saturated carbocycles. The second-order valence-electron chi connectivity index (χ2n) is 3.65. The van der Waals surface area contributed by atoms with Gasteiger partial charge in [0.2, 0.25) is 5.91 Å². The van der Waals surface area contributed by atoms with Crippen molar-refractivity contribution in [3.05, 3.63) is 22.4 Å². The minimum atomic E-state index is -4.32. The Morgan fingerprint density at radius 3 is 2.83 bits per heavy atom. The van der Waals surface area contributed by atoms with Crippen molar-refractivity contribution < 1.29 is 22.7 Å². The van der Waals surface area contributed by atoms with Gasteiger partial charge in [-0.3, -0.25) is 4.79 Å². The molecule has 0 saturated heterocycles. The van der Waals surface area contributed by atoms with Crippen molar-refractivity contribution >= 4 is 17.2 Å². The lowest BCUT2D eigenvalue weighted by Crippen LogP contribution is -2.29. The minimum absolute atomic E-state index is 0.0958. The van der Waals surface area contributed by atoms with E-state index in [9.17, 15) is 18.0 Å². The molecule has 0 bridgehead atoms. The number of carbonyl (C=O) groups is 1. The lowest BCUT2D eigenvalue weighted by atomic mass is 10.2. The predicted molar refractivity (Wildman–Crippen MR) is 62.5 cm³/mol. The zero-order valence-corrected chi connectivity index (χ0v) is 10.4. The Labute approximate surface area is 107 Å². The Morgan fingerprint density at radius 2 is 2.22 bits per heavy atom. The number of rotatable bonds is 7. The van der Waals surface area contributed by atoms with Crippen LogP contribution in [0.25, 0.3) is 0 Å². The van der Waals surface area contributed by atoms with Crippen molar-refractivity contribution in [1.82, 2.24) is 5.32 Å². The molecule has 0 aromatic carbocycles. The van der Waals surface area contributed by atoms with Gasteiger partial charge in [0.05, 0.1) is 6.61 Å². The first-order chi connectivity index (χ1) is 8.47. The SMILES string of the molecule is O=C(CCc1ccsc1)NCCOCC(F)(F)F. The molecule has 3 nitrogen and oxygen atoms in total. The molecular weight excluding hydrogens is 267 g/mol. The Morgan fingerprint density at radius 1 is 1.44 bits per heavy atom. The van der Waals surface area contributed by atoms with Gasteiger partial charge < -0.3 is 10.1 Å². The summed E-state index contributed by atoms with van der Waals surface area (Å²) in [5, 5.41) is 6.39. The summed E-state index contributed by atoms with van der Waals surface area (Å²) < 4.78 is 39.5. The van der Waals surface area contributed by atoms with Gasteiger partial charge in [0.15, 0.2) is 0 Å². The second kappa shape index (κ2) is 7.38. The Balaban J connectivity index is 2.00. The van der Waals surface area contributed by atoms with Crippen LogP contribution in [0.1, 0.15) is 12.0 Å². The summed E-state index contributed by atoms with van der Waals surface area (Å²) >= 11 is 1.56. The maximum absolute atomic E-state index is 11.7. The largest absolute Gasteiger partial charge is 0.411 e. The zero-order valence-electron chi connectivity index (χ0n) is 9.63. The fourth-order valence-electron chi connectivity index (χ4n) is 1.23. The number of nitrogens with one attached hydrogen (secondary N) is 1. The Bertz CT molecular complexity index is 352. The molecule has 0 radical (unpaired) electrons. The summed E-state index contributed by atoms with van der Waals surface area (Å²) in [5.41, 5.74) is 1.09. The number of thiophene rings is 1. The van der Waals surface area contributed by atoms with E-state index < -0.39 is 12.8 Å². The van der Waals surface area contributed by atoms with Crippen molar-refractivity contribution in [2.75, 3.05) is 19.8 Å². The highest BCUT2D eigenvalue weighted by atomic mass is 32.1. The molecule has 0 atom stereocenters. The van der Waals surface area contributed by atoms with Crippen molar-refractivity contribution in [2.45, 2.75) is 19.0 Å². The van der Waals surface area contributed by atoms with Crippen LogP contribution in [-0.4, -0.2) is 31.8 Å². The molecule has 0 unspecified atom stereocenters. The van der Waals surface area contributed by atoms with Crippen molar-refractivity contribution in [3.8, 4) is 0 Å². The highest BCUT2D eigenvalue weighted by Crippen LogP contribution is 2.14. The van der Waals surface area contributed by atoms with E-state index >= 15 is 0 Å². The number of amides is 1. The number of aryl methyl sites for hydroxylation is 1. The van der Waals surface area contributed by atoms with E-state index in [0.717, 1.165) is 5.56 Å². The van der Waals surface area contributed by atoms with Crippen LogP contribution in [0.3, 0.4) is 0 Å². The molecule has 1 aromatic heterocycles. The molecule has 0 aliphatic heterocycles. The number of halogens is 3. The third kappa shape index (κ3) is 7.29. The normalized spacial score (nSPS) is 11.5. The van der Waals surface area contributed by atoms with Gasteiger partial charge in [0.1, 0.15) is 6.61 Å². The van der Waals surface area contributed by atoms with Crippen molar-refractivity contribution in [2.24, 2.45) is 0 Å². The maximum Gasteiger partial charge on any atom is 0.411 e. The lowest BCUT2D eigenvalue weighted by Gasteiger charge is -2.08. The van der Waals surface area contributed by atoms with E-state index in [2.05, 4.69) is 10.1 Å². The van der Waals surface area contributed by atoms with Gasteiger partial charge in [-0.15, -0.1) is 0 Å². The standard InChI is InChI=1S/C11H14F3NO2S/c12-11(13,14)8-17-5-4-15-10(16)2-1-9-3-6-18-7-9/h3,6-7H,1-2,4-5,8H2,(H,15,16). The number of hydrogen-bond acceptors (Lipinski definition) is 3. The molecule has 0 aliphatic carbocycles. The molecular formula is C11H14F3NO2S. The smallest absolute Gasteiger partial charge is 0.370 e. The first-order valence-corrected chi connectivity index (χ1v) is 6.34. The average molecular weight is 281 g/mol. The molecule has 7 heteroatoms. The molecule has 1 N–H and O–H groups in total. The highest BCUT2D eigenvalue weighted by Gasteiger charge is 2.27. The molecule has 0 spiro atoms. The fraction of sp³-hybridized carbons (Fsp3) is 0.545. The van der Waals surface area contributed by atoms with Gasteiger partial charge in [-0.1, -0.05) is 0 Å². The number of hydrogen-bond donors (Lipinski definition) is 1. The van der Waals surface area contributed by atoms with Crippen LogP contribution in [0.5, 0.6) is 0 Å². The van der Waals surface area contributed by atoms with Crippen molar-refractivity contribution in [3.63, 3.8) is 0 Å². The predicted octanol–water partition coefficient (Wildman–Crippen LogP) is 2.38. The molecule has 1 amide bonds. The summed E-state index contributed by atoms with van der Waals surface area (Å²) in [5.74, 6) is -0.184. The molecule has 102 valence electrons. The van der Waals surface area contributed by atoms with Crippen molar-refractivity contribution in [1.29, 1.82) is 0 Å². The Hall–Kier alpha value is -1.08. The molecule has 18 heavy (non-hydrogen) atoms. The first-order valence-electron chi connectivity index (χ1n) is 5.39. The van der Waals surface area contributed by atoms with Gasteiger partial charge >= 0.3 is 6.18 Å². The van der Waals surface area contributed by atoms with Crippen LogP contribution in [0.15, 0.2) is 16.8 Å². The molecule has 1 rings (SSSR count). The quantitative estimate of drug-likeness (QED) is 0.779. The van der Waals surface area contributed by atoms with Crippen LogP contribution in [0.4, 0.5) is 13.2 Å². The highest BCUT2D eigenvalue weighted by molar-refractivity contribution is 7.07. The van der Waals surface area contributed by atoms with E-state index in [-0.39, 0.29) is 19.1 Å². The maximum atomic E-state index is 11.7. The van der Waals surface area contributed by atoms with Gasteiger partial charge in [0.25, 0.3) is 0 Å². The fourth-order valence-corrected chi connectivity index (χ4v) is 1.93. The number of alkyl halides is 3. The van der Waals surface area contributed by atoms with Gasteiger partial charge in [0, 0.05) is 13.0 Å². The number of ether oxygens (including phenoxy) is 1. The van der Waals surface area contributed by atoms with E-state index in [1.165, 1.54) is 0 Å². The lowest BCUT2D eigenvalue weighted by molar-refractivity contribution is -0.173. The van der Waals surface area contributed by atoms with Gasteiger partial charge in [-0.05, 0) is 28.8 Å². The van der Waals surface area contributed by atoms with Crippen LogP contribution < -0.4 is 5.32 Å². The summed E-state index contributed by atoms with van der Waals surface area (Å²) in [6.07, 6.45) is -3.35. The van der Waals surface area contributed by atoms with E-state index in [0.29, 0.717) is 12.8 Å². The van der Waals surface area contributed by atoms with Gasteiger partial charge in [-0.2, -0.15) is 24.5 Å². The van der Waals surface area contributed by atoms with Crippen LogP contribution in [-0.2, 0) is 16.0 Å². The van der Waals surface area contributed by atoms with Gasteiger partial charge in [-0.25, -0.2) is 0 Å². The summed E-state index contributed by atoms with van der Waals surface area (Å²) in [4.78, 5) is 11.3. The summed E-state index contributed by atoms with van der Waals surface area (Å²) in [6.45, 7) is -1.32. The first kappa shape index (κ1) is 15.0. The molecule has 0 aliphatic rings. The Kier molecular flexibility index (Phi) is 6.14. The third-order valence-corrected chi connectivity index (χ3v) is 2.79. The molecule has 0 fully saturated rings. The van der Waals surface area contributed by atoms with Crippen LogP contribution in [0.2, 0.25) is 0 Å². The zero-order chi connectivity index (χ0) is 13.4. The molecule has 1 aromatic rings. The summed E-state index contributed by atoms with van der Waals surface area (Å²) in [7, 11) is 0. The average Bonchev–Trinajstić information content (AvgIpc) is 2.77. The van der Waals surface area contributed by atoms with E-state index in [1.807, 2.05) is 16.8 Å². The minimum Gasteiger partial charge on any atom is -0.370 e. The van der Waals surface area contributed by atoms with Crippen LogP contribution in [0, 0.1) is 0 Å². The third-order valence-electron chi connectivity index (χ3n) is 2.06. The second-order valence-corrected chi connectivity index (χ2v) is 4.43. The van der Waals surface area contributed by atoms with E-state index in [1.54, 1.807) is 11.3 Å².